The molecular formula is C15H22BrNS. The van der Waals surface area contributed by atoms with Crippen LogP contribution in [0.3, 0.4) is 0 Å². The maximum atomic E-state index is 3.54. The Balaban J connectivity index is 2.10. The van der Waals surface area contributed by atoms with Gasteiger partial charge in [-0.05, 0) is 59.4 Å². The van der Waals surface area contributed by atoms with Crippen LogP contribution in [0.1, 0.15) is 43.9 Å². The Labute approximate surface area is 123 Å². The fraction of sp³-hybridized carbons (Fsp3) is 0.600. The molecule has 0 aliphatic heterocycles. The van der Waals surface area contributed by atoms with Crippen LogP contribution in [-0.4, -0.2) is 13.1 Å². The van der Waals surface area contributed by atoms with Gasteiger partial charge in [0.25, 0.3) is 0 Å². The molecule has 1 heterocycles. The van der Waals surface area contributed by atoms with Crippen molar-refractivity contribution in [1.82, 2.24) is 5.32 Å². The average molecular weight is 328 g/mol. The highest BCUT2D eigenvalue weighted by molar-refractivity contribution is 9.11. The number of halogens is 1. The van der Waals surface area contributed by atoms with Gasteiger partial charge in [-0.25, -0.2) is 0 Å². The standard InChI is InChI=1S/C15H22BrNS/c1-2-17-11-13(12-6-4-3-5-7-12)10-14-8-9-15(16)18-14/h8-10,12,17H,2-7,11H2,1H3. The fourth-order valence-electron chi connectivity index (χ4n) is 2.64. The molecular weight excluding hydrogens is 306 g/mol. The second-order valence-electron chi connectivity index (χ2n) is 4.98. The number of likely N-dealkylation sites (N-methyl/N-ethyl adjacent to an activating group) is 1. The zero-order chi connectivity index (χ0) is 12.8. The van der Waals surface area contributed by atoms with E-state index in [1.807, 2.05) is 11.3 Å². The van der Waals surface area contributed by atoms with Crippen LogP contribution < -0.4 is 5.32 Å². The van der Waals surface area contributed by atoms with Crippen molar-refractivity contribution in [3.63, 3.8) is 0 Å². The highest BCUT2D eigenvalue weighted by Crippen LogP contribution is 2.32. The molecule has 0 bridgehead atoms. The van der Waals surface area contributed by atoms with Crippen LogP contribution >= 0.6 is 27.3 Å². The topological polar surface area (TPSA) is 12.0 Å². The molecule has 3 heteroatoms. The SMILES string of the molecule is CCNCC(=Cc1ccc(Br)s1)C1CCCCC1. The van der Waals surface area contributed by atoms with Crippen molar-refractivity contribution in [1.29, 1.82) is 0 Å². The van der Waals surface area contributed by atoms with Gasteiger partial charge in [0.1, 0.15) is 0 Å². The van der Waals surface area contributed by atoms with Crippen molar-refractivity contribution in [2.24, 2.45) is 5.92 Å². The fourth-order valence-corrected chi connectivity index (χ4v) is 4.05. The van der Waals surface area contributed by atoms with Crippen molar-refractivity contribution in [2.45, 2.75) is 39.0 Å². The number of hydrogen-bond acceptors (Lipinski definition) is 2. The second-order valence-corrected chi connectivity index (χ2v) is 7.47. The van der Waals surface area contributed by atoms with Gasteiger partial charge in [0.05, 0.1) is 3.79 Å². The first kappa shape index (κ1) is 14.3. The molecule has 0 unspecified atom stereocenters. The number of hydrogen-bond donors (Lipinski definition) is 1. The van der Waals surface area contributed by atoms with E-state index in [1.54, 1.807) is 5.57 Å². The first-order valence-electron chi connectivity index (χ1n) is 6.96. The van der Waals surface area contributed by atoms with Gasteiger partial charge in [0, 0.05) is 11.4 Å². The quantitative estimate of drug-likeness (QED) is 0.794. The minimum atomic E-state index is 0.804. The van der Waals surface area contributed by atoms with E-state index < -0.39 is 0 Å². The lowest BCUT2D eigenvalue weighted by molar-refractivity contribution is 0.397. The Kier molecular flexibility index (Phi) is 5.93. The summed E-state index contributed by atoms with van der Waals surface area (Å²) < 4.78 is 1.22. The molecule has 0 atom stereocenters. The molecule has 0 radical (unpaired) electrons. The monoisotopic (exact) mass is 327 g/mol. The van der Waals surface area contributed by atoms with Gasteiger partial charge in [-0.1, -0.05) is 31.8 Å². The predicted molar refractivity (Wildman–Crippen MR) is 85.1 cm³/mol. The maximum absolute atomic E-state index is 3.54. The number of thiophene rings is 1. The van der Waals surface area contributed by atoms with Crippen LogP contribution in [0.4, 0.5) is 0 Å². The summed E-state index contributed by atoms with van der Waals surface area (Å²) >= 11 is 5.37. The molecule has 1 aliphatic rings. The molecule has 0 amide bonds. The molecule has 18 heavy (non-hydrogen) atoms. The van der Waals surface area contributed by atoms with Crippen molar-refractivity contribution < 1.29 is 0 Å². The van der Waals surface area contributed by atoms with Crippen LogP contribution in [0.15, 0.2) is 21.5 Å². The maximum Gasteiger partial charge on any atom is 0.0704 e. The van der Waals surface area contributed by atoms with E-state index in [-0.39, 0.29) is 0 Å². The smallest absolute Gasteiger partial charge is 0.0704 e. The van der Waals surface area contributed by atoms with Gasteiger partial charge in [0.15, 0.2) is 0 Å². The predicted octanol–water partition coefficient (Wildman–Crippen LogP) is 5.08. The van der Waals surface area contributed by atoms with Crippen LogP contribution in [0.5, 0.6) is 0 Å². The van der Waals surface area contributed by atoms with E-state index in [0.29, 0.717) is 0 Å². The first-order valence-corrected chi connectivity index (χ1v) is 8.57. The highest BCUT2D eigenvalue weighted by atomic mass is 79.9. The van der Waals surface area contributed by atoms with Crippen molar-refractivity contribution in [3.05, 3.63) is 26.4 Å². The molecule has 100 valence electrons. The molecule has 1 saturated carbocycles. The minimum Gasteiger partial charge on any atom is -0.313 e. The van der Waals surface area contributed by atoms with Gasteiger partial charge < -0.3 is 5.32 Å². The van der Waals surface area contributed by atoms with Crippen molar-refractivity contribution >= 4 is 33.3 Å². The van der Waals surface area contributed by atoms with Crippen molar-refractivity contribution in [2.75, 3.05) is 13.1 Å². The lowest BCUT2D eigenvalue weighted by Gasteiger charge is -2.24. The first-order chi connectivity index (χ1) is 8.79. The third-order valence-electron chi connectivity index (χ3n) is 3.63. The van der Waals surface area contributed by atoms with Gasteiger partial charge in [-0.15, -0.1) is 11.3 Å². The zero-order valence-electron chi connectivity index (χ0n) is 11.0. The van der Waals surface area contributed by atoms with Gasteiger partial charge in [-0.3, -0.25) is 0 Å². The molecule has 1 aromatic rings. The Morgan fingerprint density at radius 3 is 2.78 bits per heavy atom. The average Bonchev–Trinajstić information content (AvgIpc) is 2.81. The lowest BCUT2D eigenvalue weighted by Crippen LogP contribution is -2.21. The van der Waals surface area contributed by atoms with Crippen molar-refractivity contribution in [3.8, 4) is 0 Å². The summed E-state index contributed by atoms with van der Waals surface area (Å²) in [5, 5.41) is 3.50. The van der Waals surface area contributed by atoms with E-state index in [0.717, 1.165) is 19.0 Å². The second kappa shape index (κ2) is 7.46. The number of rotatable bonds is 5. The molecule has 1 N–H and O–H groups in total. The highest BCUT2D eigenvalue weighted by Gasteiger charge is 2.17. The summed E-state index contributed by atoms with van der Waals surface area (Å²) in [7, 11) is 0. The largest absolute Gasteiger partial charge is 0.313 e. The lowest BCUT2D eigenvalue weighted by atomic mass is 9.83. The Hall–Kier alpha value is -0.120. The molecule has 0 spiro atoms. The summed E-state index contributed by atoms with van der Waals surface area (Å²) in [5.74, 6) is 0.804. The Morgan fingerprint density at radius 2 is 2.17 bits per heavy atom. The molecule has 1 fully saturated rings. The Bertz CT molecular complexity index is 391. The van der Waals surface area contributed by atoms with E-state index in [4.69, 9.17) is 0 Å². The number of nitrogens with one attached hydrogen (secondary N) is 1. The Morgan fingerprint density at radius 1 is 1.39 bits per heavy atom. The van der Waals surface area contributed by atoms with Gasteiger partial charge in [0.2, 0.25) is 0 Å². The summed E-state index contributed by atoms with van der Waals surface area (Å²) in [6, 6.07) is 4.35. The summed E-state index contributed by atoms with van der Waals surface area (Å²) in [6.45, 7) is 4.29. The zero-order valence-corrected chi connectivity index (χ0v) is 13.4. The summed E-state index contributed by atoms with van der Waals surface area (Å²) in [5.41, 5.74) is 1.60. The van der Waals surface area contributed by atoms with Crippen LogP contribution in [0.2, 0.25) is 0 Å². The van der Waals surface area contributed by atoms with Crippen LogP contribution in [-0.2, 0) is 0 Å². The van der Waals surface area contributed by atoms with Crippen LogP contribution in [0, 0.1) is 5.92 Å². The van der Waals surface area contributed by atoms with E-state index in [9.17, 15) is 0 Å². The van der Waals surface area contributed by atoms with E-state index in [1.165, 1.54) is 40.8 Å². The van der Waals surface area contributed by atoms with Gasteiger partial charge >= 0.3 is 0 Å². The van der Waals surface area contributed by atoms with E-state index >= 15 is 0 Å². The molecule has 1 aliphatic carbocycles. The van der Waals surface area contributed by atoms with E-state index in [2.05, 4.69) is 46.4 Å². The minimum absolute atomic E-state index is 0.804. The molecule has 2 rings (SSSR count). The summed E-state index contributed by atoms with van der Waals surface area (Å²) in [6.07, 6.45) is 9.40. The molecule has 1 aromatic heterocycles. The molecule has 1 nitrogen and oxygen atoms in total. The van der Waals surface area contributed by atoms with Crippen LogP contribution in [0.25, 0.3) is 6.08 Å². The third-order valence-corrected chi connectivity index (χ3v) is 5.20. The summed E-state index contributed by atoms with van der Waals surface area (Å²) in [4.78, 5) is 1.38. The van der Waals surface area contributed by atoms with Gasteiger partial charge in [-0.2, -0.15) is 0 Å². The molecule has 0 aromatic carbocycles. The third kappa shape index (κ3) is 4.22. The molecule has 0 saturated heterocycles. The normalized spacial score (nSPS) is 18.2.